The molecule has 1 aromatic heterocycles. The third-order valence-electron chi connectivity index (χ3n) is 4.46. The van der Waals surface area contributed by atoms with E-state index in [1.165, 1.54) is 30.0 Å². The minimum atomic E-state index is -4.49. The van der Waals surface area contributed by atoms with Gasteiger partial charge in [0.1, 0.15) is 0 Å². The predicted octanol–water partition coefficient (Wildman–Crippen LogP) is 4.95. The molecule has 1 fully saturated rings. The van der Waals surface area contributed by atoms with Crippen molar-refractivity contribution in [1.29, 1.82) is 0 Å². The number of hydrogen-bond donors (Lipinski definition) is 0. The van der Waals surface area contributed by atoms with Gasteiger partial charge in [-0.05, 0) is 25.3 Å². The molecule has 122 valence electrons. The van der Waals surface area contributed by atoms with E-state index in [9.17, 15) is 18.0 Å². The molecule has 5 heteroatoms. The fourth-order valence-corrected chi connectivity index (χ4v) is 3.21. The number of pyridine rings is 1. The third-order valence-corrected chi connectivity index (χ3v) is 4.46. The molecule has 0 radical (unpaired) electrons. The number of rotatable bonds is 4. The number of halogens is 3. The molecule has 0 N–H and O–H groups in total. The summed E-state index contributed by atoms with van der Waals surface area (Å²) >= 11 is 0. The molecule has 1 saturated carbocycles. The first kappa shape index (κ1) is 16.8. The summed E-state index contributed by atoms with van der Waals surface area (Å²) in [7, 11) is 0. The van der Waals surface area contributed by atoms with E-state index in [0.717, 1.165) is 30.9 Å². The van der Waals surface area contributed by atoms with Gasteiger partial charge in [-0.25, -0.2) is 0 Å². The SMILES string of the molecule is C=C(C)C(CC1CCCCC1)n1ccc(C(F)(F)F)cc1=O. The monoisotopic (exact) mass is 313 g/mol. The molecule has 1 unspecified atom stereocenters. The Labute approximate surface area is 128 Å². The van der Waals surface area contributed by atoms with Crippen LogP contribution < -0.4 is 5.56 Å². The van der Waals surface area contributed by atoms with Crippen molar-refractivity contribution in [2.45, 2.75) is 57.7 Å². The van der Waals surface area contributed by atoms with E-state index in [1.807, 2.05) is 6.92 Å². The lowest BCUT2D eigenvalue weighted by molar-refractivity contribution is -0.137. The maximum Gasteiger partial charge on any atom is 0.416 e. The average Bonchev–Trinajstić information content (AvgIpc) is 2.45. The van der Waals surface area contributed by atoms with E-state index in [2.05, 4.69) is 6.58 Å². The summed E-state index contributed by atoms with van der Waals surface area (Å²) in [6.45, 7) is 5.76. The van der Waals surface area contributed by atoms with Gasteiger partial charge in [-0.2, -0.15) is 13.2 Å². The Morgan fingerprint density at radius 3 is 2.50 bits per heavy atom. The van der Waals surface area contributed by atoms with Crippen LogP contribution in [0.2, 0.25) is 0 Å². The first-order valence-corrected chi connectivity index (χ1v) is 7.74. The second-order valence-electron chi connectivity index (χ2n) is 6.26. The quantitative estimate of drug-likeness (QED) is 0.721. The van der Waals surface area contributed by atoms with E-state index in [0.29, 0.717) is 12.0 Å². The minimum absolute atomic E-state index is 0.224. The summed E-state index contributed by atoms with van der Waals surface area (Å²) in [4.78, 5) is 12.1. The Morgan fingerprint density at radius 1 is 1.36 bits per heavy atom. The second-order valence-corrected chi connectivity index (χ2v) is 6.26. The number of aromatic nitrogens is 1. The van der Waals surface area contributed by atoms with Gasteiger partial charge in [0, 0.05) is 12.3 Å². The van der Waals surface area contributed by atoms with Crippen molar-refractivity contribution >= 4 is 0 Å². The zero-order valence-corrected chi connectivity index (χ0v) is 12.8. The smallest absolute Gasteiger partial charge is 0.308 e. The van der Waals surface area contributed by atoms with E-state index >= 15 is 0 Å². The maximum absolute atomic E-state index is 12.7. The van der Waals surface area contributed by atoms with Crippen LogP contribution in [0.1, 0.15) is 57.1 Å². The Morgan fingerprint density at radius 2 is 2.00 bits per heavy atom. The van der Waals surface area contributed by atoms with Crippen LogP contribution in [0.4, 0.5) is 13.2 Å². The summed E-state index contributed by atoms with van der Waals surface area (Å²) in [5, 5.41) is 0. The van der Waals surface area contributed by atoms with Gasteiger partial charge in [0.25, 0.3) is 5.56 Å². The molecule has 0 bridgehead atoms. The Bertz CT molecular complexity index is 582. The Kier molecular flexibility index (Phi) is 5.14. The van der Waals surface area contributed by atoms with Gasteiger partial charge in [-0.15, -0.1) is 0 Å². The molecule has 1 aliphatic rings. The van der Waals surface area contributed by atoms with Gasteiger partial charge >= 0.3 is 6.18 Å². The summed E-state index contributed by atoms with van der Waals surface area (Å²) in [6.07, 6.45) is 3.42. The summed E-state index contributed by atoms with van der Waals surface area (Å²) in [5.41, 5.74) is -0.696. The van der Waals surface area contributed by atoms with E-state index < -0.39 is 17.3 Å². The zero-order chi connectivity index (χ0) is 16.3. The molecule has 0 aromatic carbocycles. The molecular formula is C17H22F3NO. The highest BCUT2D eigenvalue weighted by Gasteiger charge is 2.31. The van der Waals surface area contributed by atoms with Crippen LogP contribution in [-0.4, -0.2) is 4.57 Å². The molecule has 0 amide bonds. The molecule has 2 nitrogen and oxygen atoms in total. The van der Waals surface area contributed by atoms with Crippen LogP contribution in [0.3, 0.4) is 0 Å². The molecule has 1 aromatic rings. The highest BCUT2D eigenvalue weighted by molar-refractivity contribution is 5.16. The molecule has 22 heavy (non-hydrogen) atoms. The third kappa shape index (κ3) is 4.02. The van der Waals surface area contributed by atoms with Gasteiger partial charge in [-0.3, -0.25) is 4.79 Å². The lowest BCUT2D eigenvalue weighted by Gasteiger charge is -2.28. The van der Waals surface area contributed by atoms with Gasteiger partial charge in [0.05, 0.1) is 11.6 Å². The van der Waals surface area contributed by atoms with Crippen LogP contribution in [0.25, 0.3) is 0 Å². The highest BCUT2D eigenvalue weighted by atomic mass is 19.4. The second kappa shape index (κ2) is 6.71. The molecule has 2 rings (SSSR count). The topological polar surface area (TPSA) is 22.0 Å². The van der Waals surface area contributed by atoms with Crippen molar-refractivity contribution in [3.63, 3.8) is 0 Å². The molecule has 0 saturated heterocycles. The molecule has 0 spiro atoms. The van der Waals surface area contributed by atoms with Crippen molar-refractivity contribution in [2.24, 2.45) is 5.92 Å². The van der Waals surface area contributed by atoms with E-state index in [1.54, 1.807) is 0 Å². The molecular weight excluding hydrogens is 291 g/mol. The number of hydrogen-bond acceptors (Lipinski definition) is 1. The van der Waals surface area contributed by atoms with Gasteiger partial charge in [0.15, 0.2) is 0 Å². The maximum atomic E-state index is 12.7. The van der Waals surface area contributed by atoms with Crippen molar-refractivity contribution < 1.29 is 13.2 Å². The number of nitrogens with zero attached hydrogens (tertiary/aromatic N) is 1. The van der Waals surface area contributed by atoms with E-state index in [-0.39, 0.29) is 6.04 Å². The summed E-state index contributed by atoms with van der Waals surface area (Å²) in [6, 6.07) is 1.42. The summed E-state index contributed by atoms with van der Waals surface area (Å²) < 4.78 is 39.4. The van der Waals surface area contributed by atoms with Crippen LogP contribution in [0, 0.1) is 5.92 Å². The highest BCUT2D eigenvalue weighted by Crippen LogP contribution is 2.33. The van der Waals surface area contributed by atoms with Crippen molar-refractivity contribution in [3.05, 3.63) is 46.4 Å². The first-order chi connectivity index (χ1) is 10.3. The number of alkyl halides is 3. The van der Waals surface area contributed by atoms with E-state index in [4.69, 9.17) is 0 Å². The van der Waals surface area contributed by atoms with Crippen LogP contribution in [0.5, 0.6) is 0 Å². The Hall–Kier alpha value is -1.52. The van der Waals surface area contributed by atoms with Crippen molar-refractivity contribution in [2.75, 3.05) is 0 Å². The molecule has 1 atom stereocenters. The first-order valence-electron chi connectivity index (χ1n) is 7.74. The van der Waals surface area contributed by atoms with Gasteiger partial charge < -0.3 is 4.57 Å². The molecule has 0 aliphatic heterocycles. The van der Waals surface area contributed by atoms with Crippen LogP contribution >= 0.6 is 0 Å². The van der Waals surface area contributed by atoms with Crippen LogP contribution in [-0.2, 0) is 6.18 Å². The average molecular weight is 313 g/mol. The largest absolute Gasteiger partial charge is 0.416 e. The number of allylic oxidation sites excluding steroid dienone is 1. The van der Waals surface area contributed by atoms with Gasteiger partial charge in [-0.1, -0.05) is 44.3 Å². The Balaban J connectivity index is 2.25. The van der Waals surface area contributed by atoms with Crippen LogP contribution in [0.15, 0.2) is 35.3 Å². The van der Waals surface area contributed by atoms with Crippen molar-refractivity contribution in [1.82, 2.24) is 4.57 Å². The normalized spacial score (nSPS) is 18.2. The predicted molar refractivity (Wildman–Crippen MR) is 80.7 cm³/mol. The fraction of sp³-hybridized carbons (Fsp3) is 0.588. The minimum Gasteiger partial charge on any atom is -0.308 e. The molecule has 1 aliphatic carbocycles. The lowest BCUT2D eigenvalue weighted by Crippen LogP contribution is -2.28. The standard InChI is InChI=1S/C17H22F3NO/c1-12(2)15(10-13-6-4-3-5-7-13)21-9-8-14(11-16(21)22)17(18,19)20/h8-9,11,13,15H,1,3-7,10H2,2H3. The fourth-order valence-electron chi connectivity index (χ4n) is 3.21. The van der Waals surface area contributed by atoms with Gasteiger partial charge in [0.2, 0.25) is 0 Å². The zero-order valence-electron chi connectivity index (χ0n) is 12.8. The summed E-state index contributed by atoms with van der Waals surface area (Å²) in [5.74, 6) is 0.518. The molecule has 1 heterocycles. The lowest BCUT2D eigenvalue weighted by atomic mass is 9.83. The van der Waals surface area contributed by atoms with Crippen molar-refractivity contribution in [3.8, 4) is 0 Å².